The molecule has 1 aromatic rings. The van der Waals surface area contributed by atoms with Crippen molar-refractivity contribution in [2.45, 2.75) is 27.7 Å². The molecule has 0 radical (unpaired) electrons. The minimum absolute atomic E-state index is 0.0886. The van der Waals surface area contributed by atoms with Gasteiger partial charge >= 0.3 is 0 Å². The predicted octanol–water partition coefficient (Wildman–Crippen LogP) is 4.51. The molecule has 0 aliphatic rings. The number of hydrogen-bond acceptors (Lipinski definition) is 1. The fraction of sp³-hybridized carbons (Fsp3) is 0.500. The van der Waals surface area contributed by atoms with E-state index in [0.29, 0.717) is 23.0 Å². The molecule has 0 aliphatic heterocycles. The molecule has 1 amide bonds. The Morgan fingerprint density at radius 2 is 2.00 bits per heavy atom. The van der Waals surface area contributed by atoms with Gasteiger partial charge in [-0.2, -0.15) is 0 Å². The summed E-state index contributed by atoms with van der Waals surface area (Å²) in [4.78, 5) is 12.0. The Morgan fingerprint density at radius 3 is 2.50 bits per heavy atom. The van der Waals surface area contributed by atoms with Crippen molar-refractivity contribution in [3.05, 3.63) is 33.3 Å². The van der Waals surface area contributed by atoms with Crippen molar-refractivity contribution in [2.24, 2.45) is 11.3 Å². The summed E-state index contributed by atoms with van der Waals surface area (Å²) in [7, 11) is 0. The molecule has 0 heterocycles. The lowest BCUT2D eigenvalue weighted by Gasteiger charge is -2.27. The third-order valence-electron chi connectivity index (χ3n) is 3.17. The first-order valence-corrected chi connectivity index (χ1v) is 7.11. The minimum atomic E-state index is -0.0886. The van der Waals surface area contributed by atoms with Crippen LogP contribution in [0.15, 0.2) is 22.7 Å². The second-order valence-corrected chi connectivity index (χ2v) is 6.99. The number of carbonyl (C=O) groups excluding carboxylic acids is 1. The van der Waals surface area contributed by atoms with Crippen molar-refractivity contribution in [2.75, 3.05) is 6.54 Å². The number of benzene rings is 1. The molecule has 2 nitrogen and oxygen atoms in total. The molecule has 0 fully saturated rings. The fourth-order valence-corrected chi connectivity index (χ4v) is 2.20. The van der Waals surface area contributed by atoms with Gasteiger partial charge in [0.05, 0.1) is 0 Å². The van der Waals surface area contributed by atoms with E-state index in [4.69, 9.17) is 11.6 Å². The molecule has 100 valence electrons. The van der Waals surface area contributed by atoms with Crippen LogP contribution in [0.5, 0.6) is 0 Å². The van der Waals surface area contributed by atoms with Crippen LogP contribution >= 0.6 is 27.5 Å². The highest BCUT2D eigenvalue weighted by Crippen LogP contribution is 2.24. The smallest absolute Gasteiger partial charge is 0.251 e. The normalized spacial score (nSPS) is 13.2. The van der Waals surface area contributed by atoms with Crippen molar-refractivity contribution in [1.82, 2.24) is 5.32 Å². The SMILES string of the molecule is CC(CNC(=O)c1cc(Cl)cc(Br)c1)C(C)(C)C. The van der Waals surface area contributed by atoms with Gasteiger partial charge in [-0.25, -0.2) is 0 Å². The zero-order valence-electron chi connectivity index (χ0n) is 11.2. The first-order chi connectivity index (χ1) is 8.20. The molecule has 1 N–H and O–H groups in total. The molecule has 1 unspecified atom stereocenters. The molecular weight excluding hydrogens is 314 g/mol. The molecule has 1 atom stereocenters. The second kappa shape index (κ2) is 6.07. The van der Waals surface area contributed by atoms with Gasteiger partial charge in [0.2, 0.25) is 0 Å². The van der Waals surface area contributed by atoms with Crippen molar-refractivity contribution >= 4 is 33.4 Å². The van der Waals surface area contributed by atoms with E-state index in [1.807, 2.05) is 0 Å². The van der Waals surface area contributed by atoms with E-state index in [1.54, 1.807) is 18.2 Å². The summed E-state index contributed by atoms with van der Waals surface area (Å²) in [6.45, 7) is 9.29. The Balaban J connectivity index is 2.66. The Hall–Kier alpha value is -0.540. The van der Waals surface area contributed by atoms with Gasteiger partial charge in [-0.05, 0) is 29.5 Å². The van der Waals surface area contributed by atoms with Crippen LogP contribution in [0, 0.1) is 11.3 Å². The van der Waals surface area contributed by atoms with Crippen molar-refractivity contribution < 1.29 is 4.79 Å². The van der Waals surface area contributed by atoms with E-state index < -0.39 is 0 Å². The van der Waals surface area contributed by atoms with Gasteiger partial charge in [0, 0.05) is 21.6 Å². The quantitative estimate of drug-likeness (QED) is 0.866. The van der Waals surface area contributed by atoms with Crippen LogP contribution in [0.25, 0.3) is 0 Å². The number of amides is 1. The number of nitrogens with one attached hydrogen (secondary N) is 1. The van der Waals surface area contributed by atoms with Gasteiger partial charge in [-0.1, -0.05) is 55.2 Å². The average Bonchev–Trinajstić information content (AvgIpc) is 2.22. The molecule has 0 saturated carbocycles. The predicted molar refractivity (Wildman–Crippen MR) is 80.1 cm³/mol. The van der Waals surface area contributed by atoms with E-state index in [2.05, 4.69) is 48.9 Å². The van der Waals surface area contributed by atoms with Crippen molar-refractivity contribution in [3.8, 4) is 0 Å². The molecule has 18 heavy (non-hydrogen) atoms. The van der Waals surface area contributed by atoms with Gasteiger partial charge in [0.1, 0.15) is 0 Å². The maximum absolute atomic E-state index is 12.0. The first-order valence-electron chi connectivity index (χ1n) is 5.94. The summed E-state index contributed by atoms with van der Waals surface area (Å²) in [6, 6.07) is 5.20. The largest absolute Gasteiger partial charge is 0.352 e. The number of hydrogen-bond donors (Lipinski definition) is 1. The maximum Gasteiger partial charge on any atom is 0.251 e. The summed E-state index contributed by atoms with van der Waals surface area (Å²) in [5.74, 6) is 0.318. The van der Waals surface area contributed by atoms with Gasteiger partial charge < -0.3 is 5.32 Å². The third kappa shape index (κ3) is 4.62. The summed E-state index contributed by atoms with van der Waals surface area (Å²) in [5.41, 5.74) is 0.762. The minimum Gasteiger partial charge on any atom is -0.352 e. The van der Waals surface area contributed by atoms with E-state index in [9.17, 15) is 4.79 Å². The summed E-state index contributed by atoms with van der Waals surface area (Å²) >= 11 is 9.25. The molecule has 1 aromatic carbocycles. The number of carbonyl (C=O) groups is 1. The van der Waals surface area contributed by atoms with Crippen LogP contribution in [0.2, 0.25) is 5.02 Å². The summed E-state index contributed by atoms with van der Waals surface area (Å²) in [5, 5.41) is 3.50. The summed E-state index contributed by atoms with van der Waals surface area (Å²) in [6.07, 6.45) is 0. The third-order valence-corrected chi connectivity index (χ3v) is 3.85. The first kappa shape index (κ1) is 15.5. The lowest BCUT2D eigenvalue weighted by molar-refractivity contribution is 0.0937. The molecule has 0 saturated heterocycles. The summed E-state index contributed by atoms with van der Waals surface area (Å²) < 4.78 is 0.809. The fourth-order valence-electron chi connectivity index (χ4n) is 1.34. The topological polar surface area (TPSA) is 29.1 Å². The number of halogens is 2. The van der Waals surface area contributed by atoms with Crippen LogP contribution in [-0.4, -0.2) is 12.5 Å². The molecule has 0 spiro atoms. The zero-order chi connectivity index (χ0) is 13.9. The molecule has 1 rings (SSSR count). The Labute approximate surface area is 122 Å². The molecule has 4 heteroatoms. The highest BCUT2D eigenvalue weighted by molar-refractivity contribution is 9.10. The lowest BCUT2D eigenvalue weighted by atomic mass is 9.82. The van der Waals surface area contributed by atoms with Gasteiger partial charge in [0.15, 0.2) is 0 Å². The zero-order valence-corrected chi connectivity index (χ0v) is 13.5. The standard InChI is InChI=1S/C14H19BrClNO/c1-9(14(2,3)4)8-17-13(18)10-5-11(15)7-12(16)6-10/h5-7,9H,8H2,1-4H3,(H,17,18). The van der Waals surface area contributed by atoms with Crippen LogP contribution < -0.4 is 5.32 Å². The van der Waals surface area contributed by atoms with Crippen LogP contribution in [-0.2, 0) is 0 Å². The molecule has 0 bridgehead atoms. The van der Waals surface area contributed by atoms with Crippen molar-refractivity contribution in [1.29, 1.82) is 0 Å². The van der Waals surface area contributed by atoms with Gasteiger partial charge in [-0.3, -0.25) is 4.79 Å². The van der Waals surface area contributed by atoms with Crippen LogP contribution in [0.3, 0.4) is 0 Å². The Morgan fingerprint density at radius 1 is 1.39 bits per heavy atom. The Bertz CT molecular complexity index is 420. The molecular formula is C14H19BrClNO. The second-order valence-electron chi connectivity index (χ2n) is 5.64. The van der Waals surface area contributed by atoms with Crippen molar-refractivity contribution in [3.63, 3.8) is 0 Å². The average molecular weight is 333 g/mol. The lowest BCUT2D eigenvalue weighted by Crippen LogP contribution is -2.33. The highest BCUT2D eigenvalue weighted by Gasteiger charge is 2.20. The van der Waals surface area contributed by atoms with Crippen LogP contribution in [0.4, 0.5) is 0 Å². The highest BCUT2D eigenvalue weighted by atomic mass is 79.9. The van der Waals surface area contributed by atoms with Crippen LogP contribution in [0.1, 0.15) is 38.1 Å². The number of rotatable bonds is 3. The Kier molecular flexibility index (Phi) is 5.23. The van der Waals surface area contributed by atoms with Gasteiger partial charge in [-0.15, -0.1) is 0 Å². The van der Waals surface area contributed by atoms with E-state index in [0.717, 1.165) is 4.47 Å². The maximum atomic E-state index is 12.0. The van der Waals surface area contributed by atoms with E-state index >= 15 is 0 Å². The van der Waals surface area contributed by atoms with E-state index in [-0.39, 0.29) is 11.3 Å². The monoisotopic (exact) mass is 331 g/mol. The molecule has 0 aliphatic carbocycles. The van der Waals surface area contributed by atoms with Gasteiger partial charge in [0.25, 0.3) is 5.91 Å². The molecule has 0 aromatic heterocycles. The van der Waals surface area contributed by atoms with E-state index in [1.165, 1.54) is 0 Å².